The van der Waals surface area contributed by atoms with Crippen molar-refractivity contribution < 1.29 is 4.39 Å². The van der Waals surface area contributed by atoms with Crippen molar-refractivity contribution in [1.82, 2.24) is 15.3 Å². The molecule has 1 aliphatic heterocycles. The Labute approximate surface area is 129 Å². The summed E-state index contributed by atoms with van der Waals surface area (Å²) >= 11 is 8.74. The Morgan fingerprint density at radius 2 is 2.25 bits per heavy atom. The van der Waals surface area contributed by atoms with Gasteiger partial charge in [0.2, 0.25) is 0 Å². The largest absolute Gasteiger partial charge is 0.366 e. The Kier molecular flexibility index (Phi) is 3.30. The zero-order chi connectivity index (χ0) is 14.3. The highest BCUT2D eigenvalue weighted by Crippen LogP contribution is 2.33. The van der Waals surface area contributed by atoms with Crippen LogP contribution in [0.4, 0.5) is 4.39 Å². The molecule has 20 heavy (non-hydrogen) atoms. The van der Waals surface area contributed by atoms with E-state index in [-0.39, 0.29) is 5.82 Å². The number of benzene rings is 1. The number of hydrogen-bond acceptors (Lipinski definition) is 3. The van der Waals surface area contributed by atoms with Gasteiger partial charge in [0.15, 0.2) is 0 Å². The molecule has 1 aromatic carbocycles. The molecule has 6 heteroatoms. The van der Waals surface area contributed by atoms with Crippen molar-refractivity contribution in [1.29, 1.82) is 0 Å². The summed E-state index contributed by atoms with van der Waals surface area (Å²) in [5, 5.41) is 3.22. The molecule has 0 saturated carbocycles. The van der Waals surface area contributed by atoms with Crippen LogP contribution in [-0.4, -0.2) is 15.0 Å². The van der Waals surface area contributed by atoms with Crippen LogP contribution in [0.25, 0.3) is 0 Å². The molecule has 0 fully saturated rings. The number of thiocarbonyl (C=S) groups is 1. The lowest BCUT2D eigenvalue weighted by atomic mass is 9.83. The quantitative estimate of drug-likeness (QED) is 0.801. The van der Waals surface area contributed by atoms with Gasteiger partial charge in [-0.3, -0.25) is 0 Å². The maximum Gasteiger partial charge on any atom is 0.128 e. The fourth-order valence-corrected chi connectivity index (χ4v) is 3.22. The number of halogens is 2. The zero-order valence-corrected chi connectivity index (χ0v) is 13.1. The summed E-state index contributed by atoms with van der Waals surface area (Å²) in [6, 6.07) is 4.90. The predicted octanol–water partition coefficient (Wildman–Crippen LogP) is 3.11. The first kappa shape index (κ1) is 13.6. The highest BCUT2D eigenvalue weighted by Gasteiger charge is 2.36. The molecule has 0 aliphatic carbocycles. The summed E-state index contributed by atoms with van der Waals surface area (Å²) in [5.41, 5.74) is 1.60. The number of rotatable bonds is 1. The Bertz CT molecular complexity index is 707. The zero-order valence-electron chi connectivity index (χ0n) is 10.7. The Hall–Kier alpha value is -1.40. The molecule has 102 valence electrons. The molecular formula is C14H11BrFN3S. The second kappa shape index (κ2) is 4.86. The van der Waals surface area contributed by atoms with Crippen LogP contribution >= 0.6 is 28.1 Å². The summed E-state index contributed by atoms with van der Waals surface area (Å²) in [6.45, 7) is 1.93. The SMILES string of the molecule is CC1(c2cc(Br)ccc2F)Cc2ncncc2C(=S)N1. The minimum absolute atomic E-state index is 0.261. The summed E-state index contributed by atoms with van der Waals surface area (Å²) in [7, 11) is 0. The maximum atomic E-state index is 14.2. The fourth-order valence-electron chi connectivity index (χ4n) is 2.47. The maximum absolute atomic E-state index is 14.2. The van der Waals surface area contributed by atoms with Gasteiger partial charge in [-0.1, -0.05) is 28.1 Å². The van der Waals surface area contributed by atoms with Crippen LogP contribution in [0, 0.1) is 5.82 Å². The average molecular weight is 352 g/mol. The predicted molar refractivity (Wildman–Crippen MR) is 82.0 cm³/mol. The van der Waals surface area contributed by atoms with E-state index in [1.807, 2.05) is 6.92 Å². The van der Waals surface area contributed by atoms with Crippen LogP contribution < -0.4 is 5.32 Å². The topological polar surface area (TPSA) is 37.8 Å². The molecule has 2 heterocycles. The summed E-state index contributed by atoms with van der Waals surface area (Å²) in [6.07, 6.45) is 3.73. The van der Waals surface area contributed by atoms with Crippen molar-refractivity contribution in [3.05, 3.63) is 57.8 Å². The average Bonchev–Trinajstić information content (AvgIpc) is 2.41. The molecular weight excluding hydrogens is 341 g/mol. The van der Waals surface area contributed by atoms with Crippen LogP contribution in [0.5, 0.6) is 0 Å². The molecule has 1 aliphatic rings. The molecule has 1 unspecified atom stereocenters. The Balaban J connectivity index is 2.11. The van der Waals surface area contributed by atoms with Gasteiger partial charge in [-0.2, -0.15) is 0 Å². The fraction of sp³-hybridized carbons (Fsp3) is 0.214. The number of hydrogen-bond donors (Lipinski definition) is 1. The third-order valence-electron chi connectivity index (χ3n) is 3.47. The standard InChI is InChI=1S/C14H11BrFN3S/c1-14(10-4-8(15)2-3-11(10)16)5-12-9(13(20)19-14)6-17-7-18-12/h2-4,6-7H,5H2,1H3,(H,19,20). The molecule has 0 spiro atoms. The van der Waals surface area contributed by atoms with Crippen molar-refractivity contribution in [2.45, 2.75) is 18.9 Å². The molecule has 3 nitrogen and oxygen atoms in total. The molecule has 0 bridgehead atoms. The van der Waals surface area contributed by atoms with E-state index < -0.39 is 5.54 Å². The first-order valence-electron chi connectivity index (χ1n) is 6.06. The molecule has 1 atom stereocenters. The molecule has 0 saturated heterocycles. The van der Waals surface area contributed by atoms with E-state index in [9.17, 15) is 4.39 Å². The summed E-state index contributed by atoms with van der Waals surface area (Å²) in [5.74, 6) is -0.261. The van der Waals surface area contributed by atoms with Crippen molar-refractivity contribution in [2.24, 2.45) is 0 Å². The first-order valence-corrected chi connectivity index (χ1v) is 7.27. The van der Waals surface area contributed by atoms with Crippen LogP contribution in [-0.2, 0) is 12.0 Å². The Morgan fingerprint density at radius 1 is 1.45 bits per heavy atom. The minimum atomic E-state index is -0.619. The monoisotopic (exact) mass is 351 g/mol. The van der Waals surface area contributed by atoms with Crippen molar-refractivity contribution in [2.75, 3.05) is 0 Å². The molecule has 1 aromatic heterocycles. The van der Waals surface area contributed by atoms with Crippen LogP contribution in [0.3, 0.4) is 0 Å². The number of nitrogens with one attached hydrogen (secondary N) is 1. The Morgan fingerprint density at radius 3 is 3.05 bits per heavy atom. The van der Waals surface area contributed by atoms with Crippen molar-refractivity contribution in [3.63, 3.8) is 0 Å². The van der Waals surface area contributed by atoms with E-state index >= 15 is 0 Å². The lowest BCUT2D eigenvalue weighted by molar-refractivity contribution is 0.398. The van der Waals surface area contributed by atoms with E-state index in [0.29, 0.717) is 17.0 Å². The van der Waals surface area contributed by atoms with E-state index in [2.05, 4.69) is 31.2 Å². The highest BCUT2D eigenvalue weighted by atomic mass is 79.9. The molecule has 1 N–H and O–H groups in total. The smallest absolute Gasteiger partial charge is 0.128 e. The van der Waals surface area contributed by atoms with Crippen LogP contribution in [0.15, 0.2) is 35.2 Å². The summed E-state index contributed by atoms with van der Waals surface area (Å²) < 4.78 is 15.0. The normalized spacial score (nSPS) is 21.2. The van der Waals surface area contributed by atoms with Gasteiger partial charge in [-0.15, -0.1) is 0 Å². The molecule has 2 aromatic rings. The van der Waals surface area contributed by atoms with E-state index in [1.165, 1.54) is 12.4 Å². The molecule has 0 radical (unpaired) electrons. The van der Waals surface area contributed by atoms with Gasteiger partial charge in [0, 0.05) is 28.2 Å². The van der Waals surface area contributed by atoms with Gasteiger partial charge in [0.05, 0.1) is 11.2 Å². The van der Waals surface area contributed by atoms with Gasteiger partial charge in [0.1, 0.15) is 17.1 Å². The van der Waals surface area contributed by atoms with E-state index in [4.69, 9.17) is 12.2 Å². The van der Waals surface area contributed by atoms with Crippen LogP contribution in [0.1, 0.15) is 23.7 Å². The lowest BCUT2D eigenvalue weighted by Crippen LogP contribution is -2.49. The van der Waals surface area contributed by atoms with Gasteiger partial charge in [-0.25, -0.2) is 14.4 Å². The number of nitrogens with zero attached hydrogens (tertiary/aromatic N) is 2. The van der Waals surface area contributed by atoms with Crippen molar-refractivity contribution in [3.8, 4) is 0 Å². The highest BCUT2D eigenvalue weighted by molar-refractivity contribution is 9.10. The molecule has 0 amide bonds. The van der Waals surface area contributed by atoms with Gasteiger partial charge in [0.25, 0.3) is 0 Å². The minimum Gasteiger partial charge on any atom is -0.366 e. The number of fused-ring (bicyclic) bond motifs is 1. The van der Waals surface area contributed by atoms with Crippen LogP contribution in [0.2, 0.25) is 0 Å². The summed E-state index contributed by atoms with van der Waals surface area (Å²) in [4.78, 5) is 8.80. The van der Waals surface area contributed by atoms with Gasteiger partial charge < -0.3 is 5.32 Å². The lowest BCUT2D eigenvalue weighted by Gasteiger charge is -2.37. The number of aromatic nitrogens is 2. The third kappa shape index (κ3) is 2.23. The van der Waals surface area contributed by atoms with Gasteiger partial charge >= 0.3 is 0 Å². The van der Waals surface area contributed by atoms with Crippen molar-refractivity contribution >= 4 is 33.1 Å². The van der Waals surface area contributed by atoms with Gasteiger partial charge in [-0.05, 0) is 25.1 Å². The molecule has 3 rings (SSSR count). The first-order chi connectivity index (χ1) is 9.49. The van der Waals surface area contributed by atoms with E-state index in [1.54, 1.807) is 18.3 Å². The third-order valence-corrected chi connectivity index (χ3v) is 4.29. The van der Waals surface area contributed by atoms with E-state index in [0.717, 1.165) is 15.7 Å². The second-order valence-electron chi connectivity index (χ2n) is 4.97. The second-order valence-corrected chi connectivity index (χ2v) is 6.29.